The average Bonchev–Trinajstić information content (AvgIpc) is 2.89. The van der Waals surface area contributed by atoms with Crippen LogP contribution in [0.15, 0.2) is 47.1 Å². The summed E-state index contributed by atoms with van der Waals surface area (Å²) in [6, 6.07) is 11.4. The van der Waals surface area contributed by atoms with E-state index in [1.165, 1.54) is 0 Å². The highest BCUT2D eigenvalue weighted by Crippen LogP contribution is 2.24. The van der Waals surface area contributed by atoms with Crippen LogP contribution in [0.4, 0.5) is 5.82 Å². The Morgan fingerprint density at radius 1 is 1.16 bits per heavy atom. The van der Waals surface area contributed by atoms with E-state index in [-0.39, 0.29) is 0 Å². The molecule has 3 aromatic rings. The first-order chi connectivity index (χ1) is 9.24. The van der Waals surface area contributed by atoms with Crippen LogP contribution in [-0.4, -0.2) is 15.1 Å². The zero-order valence-corrected chi connectivity index (χ0v) is 10.4. The molecule has 0 saturated heterocycles. The molecule has 19 heavy (non-hydrogen) atoms. The first-order valence-corrected chi connectivity index (χ1v) is 5.85. The lowest BCUT2D eigenvalue weighted by atomic mass is 10.1. The number of aryl methyl sites for hydroxylation is 1. The van der Waals surface area contributed by atoms with E-state index in [9.17, 15) is 0 Å². The Morgan fingerprint density at radius 3 is 2.79 bits per heavy atom. The Bertz CT molecular complexity index is 721. The van der Waals surface area contributed by atoms with Crippen LogP contribution in [0.3, 0.4) is 0 Å². The molecule has 0 unspecified atom stereocenters. The minimum atomic E-state index is 0.424. The highest BCUT2D eigenvalue weighted by atomic mass is 16.5. The third-order valence-corrected chi connectivity index (χ3v) is 2.84. The third-order valence-electron chi connectivity index (χ3n) is 2.84. The van der Waals surface area contributed by atoms with Gasteiger partial charge in [0.05, 0.1) is 0 Å². The van der Waals surface area contributed by atoms with Gasteiger partial charge in [-0.05, 0) is 24.6 Å². The average molecular weight is 252 g/mol. The molecule has 5 heteroatoms. The van der Waals surface area contributed by atoms with E-state index in [1.54, 1.807) is 18.3 Å². The van der Waals surface area contributed by atoms with Crippen LogP contribution >= 0.6 is 0 Å². The molecule has 0 aliphatic heterocycles. The molecular formula is C14H12N4O. The molecule has 1 aromatic carbocycles. The topological polar surface area (TPSA) is 77.8 Å². The summed E-state index contributed by atoms with van der Waals surface area (Å²) in [6.07, 6.45) is 1.61. The molecule has 2 aromatic heterocycles. The second-order valence-electron chi connectivity index (χ2n) is 4.21. The molecule has 0 bridgehead atoms. The number of aromatic nitrogens is 3. The molecule has 2 heterocycles. The zero-order chi connectivity index (χ0) is 13.2. The van der Waals surface area contributed by atoms with Gasteiger partial charge in [0.15, 0.2) is 0 Å². The van der Waals surface area contributed by atoms with Crippen LogP contribution in [0.5, 0.6) is 0 Å². The van der Waals surface area contributed by atoms with Crippen molar-refractivity contribution in [1.29, 1.82) is 0 Å². The number of anilines is 1. The Hall–Kier alpha value is -2.69. The normalized spacial score (nSPS) is 10.6. The number of pyridine rings is 1. The Balaban J connectivity index is 2.03. The lowest BCUT2D eigenvalue weighted by Gasteiger charge is -1.98. The van der Waals surface area contributed by atoms with Crippen molar-refractivity contribution in [3.63, 3.8) is 0 Å². The van der Waals surface area contributed by atoms with Crippen LogP contribution in [0, 0.1) is 6.92 Å². The van der Waals surface area contributed by atoms with Crippen molar-refractivity contribution in [3.8, 4) is 22.8 Å². The van der Waals surface area contributed by atoms with Crippen molar-refractivity contribution >= 4 is 5.82 Å². The van der Waals surface area contributed by atoms with E-state index >= 15 is 0 Å². The predicted octanol–water partition coefficient (Wildman–Crippen LogP) is 2.69. The molecule has 94 valence electrons. The van der Waals surface area contributed by atoms with Crippen molar-refractivity contribution in [2.75, 3.05) is 5.73 Å². The minimum absolute atomic E-state index is 0.424. The van der Waals surface area contributed by atoms with Crippen molar-refractivity contribution in [3.05, 3.63) is 48.2 Å². The molecule has 0 saturated carbocycles. The Morgan fingerprint density at radius 2 is 2.00 bits per heavy atom. The molecule has 0 atom stereocenters. The maximum atomic E-state index is 5.64. The van der Waals surface area contributed by atoms with E-state index < -0.39 is 0 Å². The van der Waals surface area contributed by atoms with Crippen molar-refractivity contribution in [2.45, 2.75) is 6.92 Å². The highest BCUT2D eigenvalue weighted by molar-refractivity contribution is 5.63. The van der Waals surface area contributed by atoms with E-state index in [0.29, 0.717) is 17.5 Å². The van der Waals surface area contributed by atoms with Crippen LogP contribution < -0.4 is 5.73 Å². The Labute approximate surface area is 110 Å². The second kappa shape index (κ2) is 4.53. The van der Waals surface area contributed by atoms with E-state index in [0.717, 1.165) is 16.7 Å². The van der Waals surface area contributed by atoms with E-state index in [2.05, 4.69) is 15.1 Å². The van der Waals surface area contributed by atoms with Gasteiger partial charge >= 0.3 is 0 Å². The quantitative estimate of drug-likeness (QED) is 0.758. The fourth-order valence-corrected chi connectivity index (χ4v) is 1.86. The number of nitrogen functional groups attached to an aromatic ring is 1. The third kappa shape index (κ3) is 2.18. The molecule has 3 rings (SSSR count). The van der Waals surface area contributed by atoms with Gasteiger partial charge in [0.25, 0.3) is 5.89 Å². The van der Waals surface area contributed by atoms with Crippen molar-refractivity contribution < 1.29 is 4.52 Å². The van der Waals surface area contributed by atoms with Crippen LogP contribution in [0.2, 0.25) is 0 Å². The molecule has 2 N–H and O–H groups in total. The fourth-order valence-electron chi connectivity index (χ4n) is 1.86. The predicted molar refractivity (Wildman–Crippen MR) is 72.1 cm³/mol. The minimum Gasteiger partial charge on any atom is -0.384 e. The largest absolute Gasteiger partial charge is 0.384 e. The monoisotopic (exact) mass is 252 g/mol. The number of hydrogen-bond donors (Lipinski definition) is 1. The van der Waals surface area contributed by atoms with Gasteiger partial charge < -0.3 is 10.3 Å². The smallest absolute Gasteiger partial charge is 0.258 e. The molecule has 0 amide bonds. The fraction of sp³-hybridized carbons (Fsp3) is 0.0714. The van der Waals surface area contributed by atoms with Crippen molar-refractivity contribution in [2.24, 2.45) is 0 Å². The summed E-state index contributed by atoms with van der Waals surface area (Å²) in [7, 11) is 0. The van der Waals surface area contributed by atoms with Gasteiger partial charge in [-0.3, -0.25) is 0 Å². The van der Waals surface area contributed by atoms with Crippen molar-refractivity contribution in [1.82, 2.24) is 15.1 Å². The van der Waals surface area contributed by atoms with Gasteiger partial charge in [0.1, 0.15) is 5.82 Å². The number of rotatable bonds is 2. The maximum absolute atomic E-state index is 5.64. The molecule has 0 fully saturated rings. The summed E-state index contributed by atoms with van der Waals surface area (Å²) in [5.74, 6) is 1.43. The van der Waals surface area contributed by atoms with Gasteiger partial charge in [0.2, 0.25) is 5.82 Å². The van der Waals surface area contributed by atoms with Crippen LogP contribution in [0.25, 0.3) is 22.8 Å². The summed E-state index contributed by atoms with van der Waals surface area (Å²) in [5.41, 5.74) is 8.46. The summed E-state index contributed by atoms with van der Waals surface area (Å²) in [4.78, 5) is 8.32. The number of hydrogen-bond acceptors (Lipinski definition) is 5. The van der Waals surface area contributed by atoms with Gasteiger partial charge in [-0.2, -0.15) is 4.98 Å². The lowest BCUT2D eigenvalue weighted by Crippen LogP contribution is -1.89. The number of nitrogens with zero attached hydrogens (tertiary/aromatic N) is 3. The first-order valence-electron chi connectivity index (χ1n) is 5.85. The molecule has 0 aliphatic rings. The molecular weight excluding hydrogens is 240 g/mol. The summed E-state index contributed by atoms with van der Waals surface area (Å²) >= 11 is 0. The van der Waals surface area contributed by atoms with Gasteiger partial charge in [0, 0.05) is 17.3 Å². The number of benzene rings is 1. The molecule has 0 spiro atoms. The molecule has 0 radical (unpaired) electrons. The van der Waals surface area contributed by atoms with Gasteiger partial charge in [-0.15, -0.1) is 0 Å². The van der Waals surface area contributed by atoms with Crippen LogP contribution in [-0.2, 0) is 0 Å². The van der Waals surface area contributed by atoms with Crippen LogP contribution in [0.1, 0.15) is 5.56 Å². The summed E-state index contributed by atoms with van der Waals surface area (Å²) < 4.78 is 5.27. The SMILES string of the molecule is Cc1ccccc1-c1noc(-c2ccnc(N)c2)n1. The lowest BCUT2D eigenvalue weighted by molar-refractivity contribution is 0.432. The first kappa shape index (κ1) is 11.4. The van der Waals surface area contributed by atoms with E-state index in [1.807, 2.05) is 31.2 Å². The second-order valence-corrected chi connectivity index (χ2v) is 4.21. The Kier molecular flexibility index (Phi) is 2.72. The zero-order valence-electron chi connectivity index (χ0n) is 10.4. The van der Waals surface area contributed by atoms with Gasteiger partial charge in [-0.25, -0.2) is 4.98 Å². The highest BCUT2D eigenvalue weighted by Gasteiger charge is 2.12. The summed E-state index contributed by atoms with van der Waals surface area (Å²) in [6.45, 7) is 2.01. The van der Waals surface area contributed by atoms with E-state index in [4.69, 9.17) is 10.3 Å². The summed E-state index contributed by atoms with van der Waals surface area (Å²) in [5, 5.41) is 4.01. The molecule has 0 aliphatic carbocycles. The number of nitrogens with two attached hydrogens (primary N) is 1. The molecule has 5 nitrogen and oxygen atoms in total. The standard InChI is InChI=1S/C14H12N4O/c1-9-4-2-3-5-11(9)13-17-14(19-18-13)10-6-7-16-12(15)8-10/h2-8H,1H3,(H2,15,16). The maximum Gasteiger partial charge on any atom is 0.258 e. The van der Waals surface area contributed by atoms with Gasteiger partial charge in [-0.1, -0.05) is 29.4 Å².